The Morgan fingerprint density at radius 2 is 0.435 bits per heavy atom. The molecule has 0 saturated heterocycles. The van der Waals surface area contributed by atoms with Gasteiger partial charge in [0.25, 0.3) is 0 Å². The van der Waals surface area contributed by atoms with E-state index in [0.717, 1.165) is 12.8 Å². The Balaban J connectivity index is 0.944. The molecule has 1 aliphatic rings. The van der Waals surface area contributed by atoms with Gasteiger partial charge in [-0.3, -0.25) is 0 Å². The summed E-state index contributed by atoms with van der Waals surface area (Å²) in [5.74, 6) is 0. The first kappa shape index (κ1) is 52.4. The Morgan fingerprint density at radius 1 is 0.200 bits per heavy atom. The molecule has 0 heteroatoms. The summed E-state index contributed by atoms with van der Waals surface area (Å²) >= 11 is 0. The van der Waals surface area contributed by atoms with E-state index in [-0.39, 0.29) is 5.41 Å². The van der Waals surface area contributed by atoms with Gasteiger partial charge in [0.05, 0.1) is 0 Å². The van der Waals surface area contributed by atoms with Crippen molar-refractivity contribution in [1.82, 2.24) is 0 Å². The summed E-state index contributed by atoms with van der Waals surface area (Å²) in [5, 5.41) is 15.1. The first-order valence-electron chi connectivity index (χ1n) is 31.4. The minimum Gasteiger partial charge on any atom is -0.0654 e. The van der Waals surface area contributed by atoms with Crippen LogP contribution in [0.1, 0.15) is 89.2 Å². The number of benzene rings is 14. The van der Waals surface area contributed by atoms with Crippen LogP contribution in [-0.4, -0.2) is 0 Å². The Morgan fingerprint density at radius 3 is 0.729 bits per heavy atom. The van der Waals surface area contributed by atoms with Gasteiger partial charge in [-0.15, -0.1) is 0 Å². The topological polar surface area (TPSA) is 0 Å². The normalized spacial score (nSPS) is 12.7. The quantitative estimate of drug-likeness (QED) is 0.0846. The second kappa shape index (κ2) is 22.3. The van der Waals surface area contributed by atoms with Gasteiger partial charge < -0.3 is 0 Å². The van der Waals surface area contributed by atoms with Crippen LogP contribution in [0, 0.1) is 0 Å². The van der Waals surface area contributed by atoms with Crippen molar-refractivity contribution >= 4 is 64.6 Å². The molecule has 0 unspecified atom stereocenters. The van der Waals surface area contributed by atoms with E-state index >= 15 is 0 Å². The third kappa shape index (κ3) is 9.78. The molecule has 0 spiro atoms. The molecule has 0 bridgehead atoms. The summed E-state index contributed by atoms with van der Waals surface area (Å²) in [5.41, 5.74) is 20.8. The number of unbranched alkanes of at least 4 members (excludes halogenated alkanes) is 6. The minimum absolute atomic E-state index is 0.184. The van der Waals surface area contributed by atoms with E-state index in [1.807, 2.05) is 0 Å². The highest BCUT2D eigenvalue weighted by atomic mass is 14.5. The SMILES string of the molecule is CCCCCCC1(CCCCCC)c2cc(-c3ccc4cc(-c5ccc6ccccc6c5)ccc4c3)c(-c3ccc4ccccc4c3)cc2-c2cc(-c3ccc4ccccc4c3)c(-c3ccc4cc(-c5ccc6ccccc6c5)ccc4c3)cc21. The maximum atomic E-state index is 2.70. The molecule has 1 aliphatic carbocycles. The summed E-state index contributed by atoms with van der Waals surface area (Å²) in [7, 11) is 0. The molecule has 0 radical (unpaired) electrons. The maximum Gasteiger partial charge on any atom is 0.0215 e. The van der Waals surface area contributed by atoms with E-state index in [2.05, 4.69) is 281 Å². The predicted molar refractivity (Wildman–Crippen MR) is 368 cm³/mol. The third-order valence-corrected chi connectivity index (χ3v) is 19.1. The zero-order chi connectivity index (χ0) is 56.8. The molecule has 0 nitrogen and oxygen atoms in total. The lowest BCUT2D eigenvalue weighted by Gasteiger charge is -2.34. The lowest BCUT2D eigenvalue weighted by Crippen LogP contribution is -2.26. The van der Waals surface area contributed by atoms with Gasteiger partial charge in [-0.05, 0) is 239 Å². The largest absolute Gasteiger partial charge is 0.0654 e. The van der Waals surface area contributed by atoms with Crippen LogP contribution in [0.3, 0.4) is 0 Å². The molecule has 15 rings (SSSR count). The van der Waals surface area contributed by atoms with Crippen molar-refractivity contribution in [1.29, 1.82) is 0 Å². The summed E-state index contributed by atoms with van der Waals surface area (Å²) in [6, 6.07) is 102. The van der Waals surface area contributed by atoms with Crippen LogP contribution in [-0.2, 0) is 5.41 Å². The maximum absolute atomic E-state index is 2.70. The fraction of sp³-hybridized carbons (Fsp3) is 0.153. The zero-order valence-electron chi connectivity index (χ0n) is 49.0. The highest BCUT2D eigenvalue weighted by Gasteiger charge is 2.44. The molecule has 0 amide bonds. The van der Waals surface area contributed by atoms with Crippen molar-refractivity contribution in [2.75, 3.05) is 0 Å². The number of rotatable bonds is 16. The highest BCUT2D eigenvalue weighted by Crippen LogP contribution is 2.59. The number of hydrogen-bond donors (Lipinski definition) is 0. The van der Waals surface area contributed by atoms with E-state index in [4.69, 9.17) is 0 Å². The van der Waals surface area contributed by atoms with Crippen molar-refractivity contribution < 1.29 is 0 Å². The first-order valence-corrected chi connectivity index (χ1v) is 31.4. The van der Waals surface area contributed by atoms with Crippen LogP contribution < -0.4 is 0 Å². The van der Waals surface area contributed by atoms with Gasteiger partial charge in [-0.2, -0.15) is 0 Å². The Labute approximate surface area is 501 Å². The van der Waals surface area contributed by atoms with Gasteiger partial charge in [-0.25, -0.2) is 0 Å². The lowest BCUT2D eigenvalue weighted by molar-refractivity contribution is 0.401. The molecular weight excluding hydrogens is 1020 g/mol. The summed E-state index contributed by atoms with van der Waals surface area (Å²) in [4.78, 5) is 0. The second-order valence-electron chi connectivity index (χ2n) is 24.4. The summed E-state index contributed by atoms with van der Waals surface area (Å²) in [6.45, 7) is 4.70. The van der Waals surface area contributed by atoms with Crippen LogP contribution in [0.25, 0.3) is 143 Å². The monoisotopic (exact) mass is 1090 g/mol. The van der Waals surface area contributed by atoms with Gasteiger partial charge in [0, 0.05) is 5.41 Å². The van der Waals surface area contributed by atoms with E-state index in [9.17, 15) is 0 Å². The van der Waals surface area contributed by atoms with E-state index in [1.165, 1.54) is 205 Å². The average molecular weight is 1090 g/mol. The molecular formula is C85H70. The Kier molecular flexibility index (Phi) is 13.8. The van der Waals surface area contributed by atoms with Gasteiger partial charge in [0.15, 0.2) is 0 Å². The van der Waals surface area contributed by atoms with Crippen LogP contribution in [0.2, 0.25) is 0 Å². The van der Waals surface area contributed by atoms with E-state index < -0.39 is 0 Å². The standard InChI is InChI=1S/C85H70/c1-3-5-7-17-43-85(44-18-8-6-4-2)83-55-79(75-41-37-69-47-67(33-35-71(69)51-75)65-31-27-57-19-9-13-23-61(57)45-65)77(73-39-29-59-21-11-15-25-63(59)49-73)53-81(83)82-54-78(74-40-30-60-22-12-16-26-64(60)50-74)80(56-84(82)85)76-42-38-70-48-68(34-36-72(70)52-76)66-32-28-58-20-10-14-24-62(58)46-66/h9-16,19-42,45-56H,3-8,17-18,43-44H2,1-2H3. The Bertz CT molecular complexity index is 4570. The smallest absolute Gasteiger partial charge is 0.0215 e. The van der Waals surface area contributed by atoms with Crippen LogP contribution in [0.4, 0.5) is 0 Å². The molecule has 410 valence electrons. The fourth-order valence-electron chi connectivity index (χ4n) is 14.5. The molecule has 0 N–H and O–H groups in total. The van der Waals surface area contributed by atoms with Crippen molar-refractivity contribution in [3.8, 4) is 77.9 Å². The highest BCUT2D eigenvalue weighted by molar-refractivity contribution is 6.03. The molecule has 0 saturated carbocycles. The van der Waals surface area contributed by atoms with Gasteiger partial charge in [0.2, 0.25) is 0 Å². The molecule has 0 aliphatic heterocycles. The molecule has 0 atom stereocenters. The van der Waals surface area contributed by atoms with Crippen molar-refractivity contribution in [2.45, 2.75) is 83.5 Å². The van der Waals surface area contributed by atoms with Crippen LogP contribution >= 0.6 is 0 Å². The van der Waals surface area contributed by atoms with Gasteiger partial charge in [-0.1, -0.05) is 259 Å². The summed E-state index contributed by atoms with van der Waals surface area (Å²) in [6.07, 6.45) is 12.0. The van der Waals surface area contributed by atoms with Crippen molar-refractivity contribution in [3.05, 3.63) is 278 Å². The molecule has 0 aromatic heterocycles. The third-order valence-electron chi connectivity index (χ3n) is 19.1. The molecule has 14 aromatic carbocycles. The minimum atomic E-state index is -0.184. The molecule has 0 heterocycles. The lowest BCUT2D eigenvalue weighted by atomic mass is 9.69. The molecule has 14 aromatic rings. The van der Waals surface area contributed by atoms with E-state index in [0.29, 0.717) is 0 Å². The van der Waals surface area contributed by atoms with E-state index in [1.54, 1.807) is 0 Å². The molecule has 85 heavy (non-hydrogen) atoms. The summed E-state index contributed by atoms with van der Waals surface area (Å²) < 4.78 is 0. The van der Waals surface area contributed by atoms with Crippen molar-refractivity contribution in [2.24, 2.45) is 0 Å². The van der Waals surface area contributed by atoms with Crippen LogP contribution in [0.15, 0.2) is 267 Å². The second-order valence-corrected chi connectivity index (χ2v) is 24.4. The Hall–Kier alpha value is -9.36. The molecule has 0 fully saturated rings. The van der Waals surface area contributed by atoms with Gasteiger partial charge in [0.1, 0.15) is 0 Å². The number of fused-ring (bicyclic) bond motifs is 9. The first-order chi connectivity index (χ1) is 42.0. The van der Waals surface area contributed by atoms with Crippen molar-refractivity contribution in [3.63, 3.8) is 0 Å². The predicted octanol–water partition coefficient (Wildman–Crippen LogP) is 24.8. The average Bonchev–Trinajstić information content (AvgIpc) is 2.06. The van der Waals surface area contributed by atoms with Crippen LogP contribution in [0.5, 0.6) is 0 Å². The fourth-order valence-corrected chi connectivity index (χ4v) is 14.5. The van der Waals surface area contributed by atoms with Gasteiger partial charge >= 0.3 is 0 Å². The zero-order valence-corrected chi connectivity index (χ0v) is 49.0. The number of hydrogen-bond acceptors (Lipinski definition) is 0.